The van der Waals surface area contributed by atoms with Crippen molar-refractivity contribution in [2.24, 2.45) is 12.1 Å². The van der Waals surface area contributed by atoms with Crippen LogP contribution in [0.4, 0.5) is 0 Å². The number of rotatable bonds is 8. The minimum absolute atomic E-state index is 0.0660. The lowest BCUT2D eigenvalue weighted by molar-refractivity contribution is -0.677. The summed E-state index contributed by atoms with van der Waals surface area (Å²) in [6.45, 7) is 4.63. The number of sulfonamides is 1. The molecule has 0 unspecified atom stereocenters. The fourth-order valence-electron chi connectivity index (χ4n) is 2.35. The molecule has 0 saturated heterocycles. The number of benzene rings is 1. The molecule has 1 aromatic carbocycles. The fourth-order valence-corrected chi connectivity index (χ4v) is 3.56. The first-order valence-electron chi connectivity index (χ1n) is 8.09. The van der Waals surface area contributed by atoms with Crippen LogP contribution in [0.3, 0.4) is 0 Å². The summed E-state index contributed by atoms with van der Waals surface area (Å²) < 4.78 is 29.3. The molecular weight excluding hydrogens is 404 g/mol. The Morgan fingerprint density at radius 2 is 1.96 bits per heavy atom. The third kappa shape index (κ3) is 5.97. The Hall–Kier alpha value is -1.67. The summed E-state index contributed by atoms with van der Waals surface area (Å²) in [5.41, 5.74) is 1.51. The van der Waals surface area contributed by atoms with Gasteiger partial charge >= 0.3 is 0 Å². The molecule has 8 heteroatoms. The predicted molar refractivity (Wildman–Crippen MR) is 103 cm³/mol. The molecule has 0 spiro atoms. The lowest BCUT2D eigenvalue weighted by Crippen LogP contribution is -2.29. The molecule has 6 nitrogen and oxygen atoms in total. The number of halogens is 1. The number of aryl methyl sites for hydroxylation is 2. The van der Waals surface area contributed by atoms with Crippen molar-refractivity contribution < 1.29 is 13.0 Å². The van der Waals surface area contributed by atoms with E-state index < -0.39 is 10.0 Å². The molecule has 1 N–H and O–H groups in total. The minimum atomic E-state index is -3.41. The van der Waals surface area contributed by atoms with E-state index in [1.807, 2.05) is 55.2 Å². The van der Waals surface area contributed by atoms with E-state index in [4.69, 9.17) is 0 Å². The van der Waals surface area contributed by atoms with E-state index in [0.717, 1.165) is 28.8 Å². The topological polar surface area (TPSA) is 67.3 Å². The maximum Gasteiger partial charge on any atom is 0.253 e. The van der Waals surface area contributed by atoms with Gasteiger partial charge < -0.3 is 0 Å². The molecule has 0 saturated carbocycles. The molecule has 1 heterocycles. The lowest BCUT2D eigenvalue weighted by atomic mass is 10.1. The first kappa shape index (κ1) is 19.7. The Labute approximate surface area is 157 Å². The average molecular weight is 428 g/mol. The number of nitrogens with one attached hydrogen (secondary N) is 1. The van der Waals surface area contributed by atoms with Gasteiger partial charge in [-0.05, 0) is 37.5 Å². The summed E-state index contributed by atoms with van der Waals surface area (Å²) in [4.78, 5) is 2.32. The van der Waals surface area contributed by atoms with Gasteiger partial charge in [0.15, 0.2) is 0 Å². The van der Waals surface area contributed by atoms with Crippen molar-refractivity contribution in [3.05, 3.63) is 52.5 Å². The number of hydrogen-bond acceptors (Lipinski definition) is 3. The zero-order chi connectivity index (χ0) is 18.4. The summed E-state index contributed by atoms with van der Waals surface area (Å²) in [6.07, 6.45) is 5.39. The summed E-state index contributed by atoms with van der Waals surface area (Å²) >= 11 is 3.37. The summed E-state index contributed by atoms with van der Waals surface area (Å²) in [5, 5.41) is 4.00. The number of unbranched alkanes of at least 4 members (excludes halogenated alkanes) is 1. The molecule has 136 valence electrons. The largest absolute Gasteiger partial charge is 0.253 e. The van der Waals surface area contributed by atoms with Crippen LogP contribution in [0, 0.1) is 6.92 Å². The Morgan fingerprint density at radius 3 is 2.56 bits per heavy atom. The third-order valence-electron chi connectivity index (χ3n) is 4.07. The van der Waals surface area contributed by atoms with Gasteiger partial charge in [0.1, 0.15) is 12.4 Å². The van der Waals surface area contributed by atoms with Crippen LogP contribution in [0.5, 0.6) is 0 Å². The number of hydrazone groups is 1. The monoisotopic (exact) mass is 427 g/mol. The molecule has 0 bridgehead atoms. The fraction of sp³-hybridized carbons (Fsp3) is 0.412. The van der Waals surface area contributed by atoms with Crippen molar-refractivity contribution in [3.8, 4) is 0 Å². The molecule has 25 heavy (non-hydrogen) atoms. The zero-order valence-electron chi connectivity index (χ0n) is 14.7. The van der Waals surface area contributed by atoms with Gasteiger partial charge in [0.05, 0.1) is 25.1 Å². The van der Waals surface area contributed by atoms with E-state index in [-0.39, 0.29) is 5.75 Å². The molecule has 0 fully saturated rings. The van der Waals surface area contributed by atoms with E-state index >= 15 is 0 Å². The molecule has 1 aromatic heterocycles. The maximum absolute atomic E-state index is 12.1. The van der Waals surface area contributed by atoms with Crippen molar-refractivity contribution in [1.82, 2.24) is 9.40 Å². The summed E-state index contributed by atoms with van der Waals surface area (Å²) in [5.74, 6) is 1.21. The number of aromatic nitrogens is 2. The molecule has 2 aromatic rings. The van der Waals surface area contributed by atoms with E-state index in [0.29, 0.717) is 12.1 Å². The highest BCUT2D eigenvalue weighted by Crippen LogP contribution is 2.11. The van der Waals surface area contributed by atoms with Crippen LogP contribution in [-0.2, 0) is 23.6 Å². The smallest absolute Gasteiger partial charge is 0.237 e. The van der Waals surface area contributed by atoms with Crippen LogP contribution in [0.15, 0.2) is 46.2 Å². The predicted octanol–water partition coefficient (Wildman–Crippen LogP) is 2.51. The van der Waals surface area contributed by atoms with Gasteiger partial charge in [-0.25, -0.2) is 22.4 Å². The highest BCUT2D eigenvalue weighted by atomic mass is 79.9. The quantitative estimate of drug-likeness (QED) is 0.304. The Bertz CT molecular complexity index is 842. The molecule has 0 amide bonds. The van der Waals surface area contributed by atoms with Gasteiger partial charge in [0.2, 0.25) is 10.0 Å². The van der Waals surface area contributed by atoms with E-state index in [1.54, 1.807) is 6.92 Å². The first-order chi connectivity index (χ1) is 11.8. The van der Waals surface area contributed by atoms with Crippen molar-refractivity contribution in [2.45, 2.75) is 33.2 Å². The minimum Gasteiger partial charge on any atom is -0.237 e. The number of hydrogen-bond donors (Lipinski definition) is 1. The molecule has 0 aliphatic heterocycles. The first-order valence-corrected chi connectivity index (χ1v) is 10.5. The van der Waals surface area contributed by atoms with Crippen LogP contribution in [0.1, 0.15) is 31.2 Å². The van der Waals surface area contributed by atoms with Crippen molar-refractivity contribution in [2.75, 3.05) is 5.75 Å². The average Bonchev–Trinajstić information content (AvgIpc) is 2.89. The Kier molecular flexibility index (Phi) is 6.78. The standard InChI is InChI=1S/C17H24BrN4O2S/c1-14(16-6-8-17(18)9-7-16)19-20-25(23,24)13-5-4-10-22-12-11-21(3)15(22)2/h6-9,11-12,20H,4-5,10,13H2,1-3H3/q+1/b19-14-. The lowest BCUT2D eigenvalue weighted by Gasteiger charge is -2.05. The van der Waals surface area contributed by atoms with Gasteiger partial charge in [0.25, 0.3) is 5.82 Å². The van der Waals surface area contributed by atoms with Crippen LogP contribution in [-0.4, -0.2) is 24.4 Å². The zero-order valence-corrected chi connectivity index (χ0v) is 17.1. The van der Waals surface area contributed by atoms with E-state index in [9.17, 15) is 8.42 Å². The van der Waals surface area contributed by atoms with Crippen LogP contribution < -0.4 is 9.40 Å². The molecule has 0 aliphatic rings. The van der Waals surface area contributed by atoms with E-state index in [2.05, 4.69) is 30.4 Å². The van der Waals surface area contributed by atoms with Gasteiger partial charge in [0, 0.05) is 11.4 Å². The normalized spacial score (nSPS) is 12.4. The molecule has 0 aliphatic carbocycles. The Balaban J connectivity index is 1.82. The maximum atomic E-state index is 12.1. The van der Waals surface area contributed by atoms with E-state index in [1.165, 1.54) is 0 Å². The second-order valence-electron chi connectivity index (χ2n) is 5.97. The Morgan fingerprint density at radius 1 is 1.28 bits per heavy atom. The highest BCUT2D eigenvalue weighted by molar-refractivity contribution is 9.10. The van der Waals surface area contributed by atoms with Crippen LogP contribution >= 0.6 is 15.9 Å². The summed E-state index contributed by atoms with van der Waals surface area (Å²) in [7, 11) is -1.42. The molecule has 0 radical (unpaired) electrons. The molecular formula is C17H24BrN4O2S+. The van der Waals surface area contributed by atoms with Crippen LogP contribution in [0.2, 0.25) is 0 Å². The van der Waals surface area contributed by atoms with Gasteiger partial charge in [-0.3, -0.25) is 0 Å². The van der Waals surface area contributed by atoms with Gasteiger partial charge in [-0.1, -0.05) is 28.1 Å². The van der Waals surface area contributed by atoms with Crippen LogP contribution in [0.25, 0.3) is 0 Å². The van der Waals surface area contributed by atoms with Crippen molar-refractivity contribution in [1.29, 1.82) is 0 Å². The molecule has 2 rings (SSSR count). The number of nitrogens with zero attached hydrogens (tertiary/aromatic N) is 3. The van der Waals surface area contributed by atoms with Gasteiger partial charge in [-0.2, -0.15) is 5.10 Å². The second kappa shape index (κ2) is 8.62. The number of imidazole rings is 1. The molecule has 0 atom stereocenters. The van der Waals surface area contributed by atoms with Gasteiger partial charge in [-0.15, -0.1) is 0 Å². The van der Waals surface area contributed by atoms with Crippen molar-refractivity contribution >= 4 is 31.7 Å². The third-order valence-corrected chi connectivity index (χ3v) is 5.80. The second-order valence-corrected chi connectivity index (χ2v) is 8.71. The van der Waals surface area contributed by atoms with Crippen molar-refractivity contribution in [3.63, 3.8) is 0 Å². The SMILES string of the molecule is C/C(=N/NS(=O)(=O)CCCCn1cc[n+](C)c1C)c1ccc(Br)cc1. The highest BCUT2D eigenvalue weighted by Gasteiger charge is 2.11. The summed E-state index contributed by atoms with van der Waals surface area (Å²) in [6, 6.07) is 7.56.